The highest BCUT2D eigenvalue weighted by atomic mass is 16.5. The van der Waals surface area contributed by atoms with E-state index in [1.807, 2.05) is 0 Å². The van der Waals surface area contributed by atoms with Crippen LogP contribution in [0.1, 0.15) is 39.5 Å². The molecule has 2 bridgehead atoms. The van der Waals surface area contributed by atoms with Crippen molar-refractivity contribution in [3.05, 3.63) is 0 Å². The summed E-state index contributed by atoms with van der Waals surface area (Å²) in [6.45, 7) is 2.08. The van der Waals surface area contributed by atoms with Crippen LogP contribution in [0, 0.1) is 11.8 Å². The molecule has 1 saturated carbocycles. The maximum Gasteiger partial charge on any atom is 0.0494 e. The summed E-state index contributed by atoms with van der Waals surface area (Å²) in [6, 6.07) is 0. The highest BCUT2D eigenvalue weighted by Crippen LogP contribution is 2.33. The van der Waals surface area contributed by atoms with Gasteiger partial charge in [0, 0.05) is 13.2 Å². The highest BCUT2D eigenvalue weighted by molar-refractivity contribution is 4.75. The molecule has 0 amide bonds. The largest absolute Gasteiger partial charge is 0.381 e. The Balaban J connectivity index is 0.000000605. The van der Waals surface area contributed by atoms with E-state index < -0.39 is 0 Å². The average molecular weight is 156 g/mol. The van der Waals surface area contributed by atoms with Gasteiger partial charge in [0.05, 0.1) is 0 Å². The average Bonchev–Trinajstić information content (AvgIpc) is 2.12. The van der Waals surface area contributed by atoms with Gasteiger partial charge in [-0.3, -0.25) is 0 Å². The fourth-order valence-electron chi connectivity index (χ4n) is 2.32. The Bertz CT molecular complexity index is 99.4. The molecule has 1 heterocycles. The molecule has 2 atom stereocenters. The van der Waals surface area contributed by atoms with Gasteiger partial charge in [-0.1, -0.05) is 20.3 Å². The smallest absolute Gasteiger partial charge is 0.0494 e. The van der Waals surface area contributed by atoms with Crippen molar-refractivity contribution in [1.29, 1.82) is 0 Å². The second-order valence-corrected chi connectivity index (χ2v) is 3.76. The van der Waals surface area contributed by atoms with Gasteiger partial charge in [-0.2, -0.15) is 0 Å². The Morgan fingerprint density at radius 2 is 1.82 bits per heavy atom. The summed E-state index contributed by atoms with van der Waals surface area (Å²) in [5.74, 6) is 1.93. The molecule has 11 heavy (non-hydrogen) atoms. The van der Waals surface area contributed by atoms with E-state index in [0.717, 1.165) is 25.0 Å². The molecule has 66 valence electrons. The topological polar surface area (TPSA) is 9.23 Å². The molecule has 1 aliphatic carbocycles. The van der Waals surface area contributed by atoms with Gasteiger partial charge in [0.25, 0.3) is 0 Å². The van der Waals surface area contributed by atoms with Crippen molar-refractivity contribution >= 4 is 0 Å². The number of rotatable bonds is 0. The van der Waals surface area contributed by atoms with Crippen molar-refractivity contribution in [2.75, 3.05) is 13.2 Å². The molecule has 0 spiro atoms. The third kappa shape index (κ3) is 2.19. The third-order valence-corrected chi connectivity index (χ3v) is 2.92. The molecule has 2 rings (SSSR count). The molecular formula is C10H20O. The van der Waals surface area contributed by atoms with Crippen LogP contribution in [0.3, 0.4) is 0 Å². The van der Waals surface area contributed by atoms with E-state index >= 15 is 0 Å². The summed E-state index contributed by atoms with van der Waals surface area (Å²) in [5.41, 5.74) is 0. The normalized spacial score (nSPS) is 37.1. The minimum Gasteiger partial charge on any atom is -0.381 e. The zero-order valence-corrected chi connectivity index (χ0v) is 6.51. The molecule has 1 nitrogen and oxygen atoms in total. The number of hydrogen-bond acceptors (Lipinski definition) is 1. The van der Waals surface area contributed by atoms with Crippen LogP contribution in [0.15, 0.2) is 0 Å². The lowest BCUT2D eigenvalue weighted by Crippen LogP contribution is -2.15. The second-order valence-electron chi connectivity index (χ2n) is 3.76. The molecule has 0 aromatic carbocycles. The first-order chi connectivity index (χ1) is 4.95. The Hall–Kier alpha value is -0.0400. The summed E-state index contributed by atoms with van der Waals surface area (Å²) < 4.78 is 5.51. The molecule has 2 unspecified atom stereocenters. The van der Waals surface area contributed by atoms with E-state index in [1.165, 1.54) is 32.1 Å². The van der Waals surface area contributed by atoms with E-state index in [9.17, 15) is 0 Å². The zero-order valence-electron chi connectivity index (χ0n) is 6.51. The Kier molecular flexibility index (Phi) is 3.38. The molecule has 1 heteroatoms. The van der Waals surface area contributed by atoms with Crippen molar-refractivity contribution in [3.63, 3.8) is 0 Å². The first kappa shape index (κ1) is 9.05. The molecule has 1 saturated heterocycles. The number of fused-ring (bicyclic) bond motifs is 2. The molecule has 2 fully saturated rings. The standard InChI is InChI=1S/C9H16O.CH4/c1-2-8-4-5-10-7-9(3-1)6-8;/h8-9H,1-7H2;1H4. The van der Waals surface area contributed by atoms with Gasteiger partial charge < -0.3 is 4.74 Å². The predicted octanol–water partition coefficient (Wildman–Crippen LogP) is 2.85. The van der Waals surface area contributed by atoms with Crippen molar-refractivity contribution in [2.24, 2.45) is 11.8 Å². The van der Waals surface area contributed by atoms with E-state index in [-0.39, 0.29) is 7.43 Å². The van der Waals surface area contributed by atoms with E-state index in [1.54, 1.807) is 0 Å². The summed E-state index contributed by atoms with van der Waals surface area (Å²) in [5, 5.41) is 0. The Labute approximate surface area is 70.1 Å². The van der Waals surface area contributed by atoms with Crippen LogP contribution >= 0.6 is 0 Å². The SMILES string of the molecule is C.C1CC2CCOCC(C1)C2. The Morgan fingerprint density at radius 3 is 2.73 bits per heavy atom. The first-order valence-corrected chi connectivity index (χ1v) is 4.53. The lowest BCUT2D eigenvalue weighted by atomic mass is 9.81. The third-order valence-electron chi connectivity index (χ3n) is 2.92. The van der Waals surface area contributed by atoms with Gasteiger partial charge in [0.15, 0.2) is 0 Å². The molecule has 0 aromatic heterocycles. The first-order valence-electron chi connectivity index (χ1n) is 4.53. The predicted molar refractivity (Wildman–Crippen MR) is 47.6 cm³/mol. The zero-order chi connectivity index (χ0) is 6.81. The van der Waals surface area contributed by atoms with Gasteiger partial charge in [-0.15, -0.1) is 0 Å². The molecular weight excluding hydrogens is 136 g/mol. The molecule has 0 N–H and O–H groups in total. The Morgan fingerprint density at radius 1 is 1.00 bits per heavy atom. The van der Waals surface area contributed by atoms with Gasteiger partial charge in [-0.05, 0) is 31.1 Å². The molecule has 2 aliphatic rings. The van der Waals surface area contributed by atoms with Crippen LogP contribution in [-0.2, 0) is 4.74 Å². The van der Waals surface area contributed by atoms with Crippen LogP contribution in [0.5, 0.6) is 0 Å². The summed E-state index contributed by atoms with van der Waals surface area (Å²) in [4.78, 5) is 0. The van der Waals surface area contributed by atoms with E-state index in [2.05, 4.69) is 0 Å². The fourth-order valence-corrected chi connectivity index (χ4v) is 2.32. The van der Waals surface area contributed by atoms with Gasteiger partial charge in [0.2, 0.25) is 0 Å². The summed E-state index contributed by atoms with van der Waals surface area (Å²) in [7, 11) is 0. The van der Waals surface area contributed by atoms with Crippen LogP contribution in [0.2, 0.25) is 0 Å². The molecule has 1 aliphatic heterocycles. The van der Waals surface area contributed by atoms with Crippen molar-refractivity contribution in [1.82, 2.24) is 0 Å². The minimum absolute atomic E-state index is 0. The van der Waals surface area contributed by atoms with Crippen molar-refractivity contribution < 1.29 is 4.74 Å². The van der Waals surface area contributed by atoms with E-state index in [0.29, 0.717) is 0 Å². The van der Waals surface area contributed by atoms with Crippen LogP contribution in [-0.4, -0.2) is 13.2 Å². The maximum absolute atomic E-state index is 5.51. The number of hydrogen-bond donors (Lipinski definition) is 0. The van der Waals surface area contributed by atoms with Gasteiger partial charge in [0.1, 0.15) is 0 Å². The van der Waals surface area contributed by atoms with Crippen LogP contribution in [0.4, 0.5) is 0 Å². The van der Waals surface area contributed by atoms with Gasteiger partial charge in [-0.25, -0.2) is 0 Å². The van der Waals surface area contributed by atoms with Crippen LogP contribution < -0.4 is 0 Å². The second kappa shape index (κ2) is 4.10. The lowest BCUT2D eigenvalue weighted by Gasteiger charge is -2.24. The van der Waals surface area contributed by atoms with Crippen LogP contribution in [0.25, 0.3) is 0 Å². The van der Waals surface area contributed by atoms with Gasteiger partial charge >= 0.3 is 0 Å². The molecule has 0 radical (unpaired) electrons. The highest BCUT2D eigenvalue weighted by Gasteiger charge is 2.24. The van der Waals surface area contributed by atoms with Crippen molar-refractivity contribution in [3.8, 4) is 0 Å². The van der Waals surface area contributed by atoms with Crippen molar-refractivity contribution in [2.45, 2.75) is 39.5 Å². The molecule has 0 aromatic rings. The van der Waals surface area contributed by atoms with E-state index in [4.69, 9.17) is 4.74 Å². The summed E-state index contributed by atoms with van der Waals surface area (Å²) >= 11 is 0. The maximum atomic E-state index is 5.51. The monoisotopic (exact) mass is 156 g/mol. The number of ether oxygens (including phenoxy) is 1. The minimum atomic E-state index is 0. The lowest BCUT2D eigenvalue weighted by molar-refractivity contribution is 0.113. The quantitative estimate of drug-likeness (QED) is 0.524. The fraction of sp³-hybridized carbons (Fsp3) is 1.00. The summed E-state index contributed by atoms with van der Waals surface area (Å²) in [6.07, 6.45) is 7.14.